The van der Waals surface area contributed by atoms with Crippen LogP contribution in [0.25, 0.3) is 10.8 Å². The molecule has 0 aromatic carbocycles. The van der Waals surface area contributed by atoms with E-state index < -0.39 is 0 Å². The van der Waals surface area contributed by atoms with Crippen LogP contribution in [-0.2, 0) is 5.75 Å². The van der Waals surface area contributed by atoms with Gasteiger partial charge in [0.25, 0.3) is 5.89 Å². The van der Waals surface area contributed by atoms with Crippen LogP contribution in [0, 0.1) is 13.8 Å². The van der Waals surface area contributed by atoms with Gasteiger partial charge in [0, 0.05) is 11.7 Å². The van der Waals surface area contributed by atoms with Crippen molar-refractivity contribution >= 4 is 23.1 Å². The summed E-state index contributed by atoms with van der Waals surface area (Å²) in [6, 6.07) is 4.57. The number of aryl methyl sites for hydroxylation is 1. The number of rotatable bonds is 5. The van der Waals surface area contributed by atoms with Crippen LogP contribution in [0.1, 0.15) is 55.4 Å². The van der Waals surface area contributed by atoms with E-state index in [2.05, 4.69) is 28.6 Å². The highest BCUT2D eigenvalue weighted by Gasteiger charge is 2.22. The fourth-order valence-electron chi connectivity index (χ4n) is 3.41. The van der Waals surface area contributed by atoms with Gasteiger partial charge < -0.3 is 8.98 Å². The van der Waals surface area contributed by atoms with Gasteiger partial charge in [-0.25, -0.2) is 4.98 Å². The number of aromatic nitrogens is 4. The minimum Gasteiger partial charge on any atom is -0.419 e. The third-order valence-corrected chi connectivity index (χ3v) is 6.61. The minimum atomic E-state index is 0.585. The van der Waals surface area contributed by atoms with Gasteiger partial charge >= 0.3 is 0 Å². The van der Waals surface area contributed by atoms with Gasteiger partial charge in [0.2, 0.25) is 5.89 Å². The second-order valence-electron chi connectivity index (χ2n) is 6.49. The molecule has 1 aliphatic carbocycles. The van der Waals surface area contributed by atoms with Gasteiger partial charge in [-0.1, -0.05) is 37.1 Å². The zero-order valence-electron chi connectivity index (χ0n) is 14.6. The molecule has 3 aromatic rings. The molecule has 1 saturated carbocycles. The zero-order valence-corrected chi connectivity index (χ0v) is 16.2. The molecule has 0 N–H and O–H groups in total. The topological polar surface area (TPSA) is 56.7 Å². The van der Waals surface area contributed by atoms with Crippen molar-refractivity contribution in [1.82, 2.24) is 19.7 Å². The molecule has 0 spiro atoms. The highest BCUT2D eigenvalue weighted by atomic mass is 32.2. The van der Waals surface area contributed by atoms with Crippen molar-refractivity contribution in [3.63, 3.8) is 0 Å². The summed E-state index contributed by atoms with van der Waals surface area (Å²) in [5, 5.41) is 11.4. The van der Waals surface area contributed by atoms with Crippen molar-refractivity contribution in [2.75, 3.05) is 0 Å². The Morgan fingerprint density at radius 3 is 2.84 bits per heavy atom. The Kier molecular flexibility index (Phi) is 4.94. The maximum atomic E-state index is 5.80. The average molecular weight is 375 g/mol. The molecule has 1 fully saturated rings. The summed E-state index contributed by atoms with van der Waals surface area (Å²) in [5.74, 6) is 1.91. The van der Waals surface area contributed by atoms with Gasteiger partial charge in [-0.2, -0.15) is 0 Å². The quantitative estimate of drug-likeness (QED) is 0.559. The van der Waals surface area contributed by atoms with E-state index in [1.165, 1.54) is 37.8 Å². The van der Waals surface area contributed by atoms with E-state index in [0.717, 1.165) is 15.7 Å². The third-order valence-electron chi connectivity index (χ3n) is 4.82. The molecule has 5 nitrogen and oxygen atoms in total. The van der Waals surface area contributed by atoms with Gasteiger partial charge in [-0.05, 0) is 38.1 Å². The van der Waals surface area contributed by atoms with Crippen LogP contribution >= 0.6 is 23.1 Å². The summed E-state index contributed by atoms with van der Waals surface area (Å²) >= 11 is 3.31. The van der Waals surface area contributed by atoms with E-state index in [1.54, 1.807) is 23.1 Å². The smallest absolute Gasteiger partial charge is 0.257 e. The second kappa shape index (κ2) is 7.33. The molecule has 1 aliphatic rings. The molecule has 0 saturated heterocycles. The third kappa shape index (κ3) is 3.53. The summed E-state index contributed by atoms with van der Waals surface area (Å²) in [6.07, 6.45) is 6.51. The van der Waals surface area contributed by atoms with Crippen LogP contribution < -0.4 is 0 Å². The van der Waals surface area contributed by atoms with Crippen LogP contribution in [0.4, 0.5) is 0 Å². The Morgan fingerprint density at radius 1 is 1.24 bits per heavy atom. The molecule has 0 radical (unpaired) electrons. The fraction of sp³-hybridized carbons (Fsp3) is 0.500. The normalized spacial score (nSPS) is 15.8. The van der Waals surface area contributed by atoms with E-state index in [-0.39, 0.29) is 0 Å². The molecule has 0 bridgehead atoms. The Morgan fingerprint density at radius 2 is 2.08 bits per heavy atom. The summed E-state index contributed by atoms with van der Waals surface area (Å²) < 4.78 is 8.24. The number of hydrogen-bond donors (Lipinski definition) is 0. The van der Waals surface area contributed by atoms with Crippen LogP contribution in [0.5, 0.6) is 0 Å². The number of imidazole rings is 1. The molecule has 4 rings (SSSR count). The number of thiophene rings is 1. The van der Waals surface area contributed by atoms with E-state index in [0.29, 0.717) is 23.6 Å². The lowest BCUT2D eigenvalue weighted by molar-refractivity contribution is 0.332. The summed E-state index contributed by atoms with van der Waals surface area (Å²) in [4.78, 5) is 5.81. The first-order valence-corrected chi connectivity index (χ1v) is 10.6. The van der Waals surface area contributed by atoms with Crippen molar-refractivity contribution in [3.05, 3.63) is 34.8 Å². The molecule has 132 valence electrons. The van der Waals surface area contributed by atoms with E-state index in [1.807, 2.05) is 17.5 Å². The van der Waals surface area contributed by atoms with Crippen molar-refractivity contribution in [2.24, 2.45) is 0 Å². The van der Waals surface area contributed by atoms with E-state index in [4.69, 9.17) is 9.40 Å². The van der Waals surface area contributed by atoms with Crippen LogP contribution in [0.3, 0.4) is 0 Å². The predicted octanol–water partition coefficient (Wildman–Crippen LogP) is 5.41. The maximum absolute atomic E-state index is 5.80. The molecule has 0 unspecified atom stereocenters. The van der Waals surface area contributed by atoms with Crippen LogP contribution in [0.15, 0.2) is 27.1 Å². The Labute approximate surface area is 155 Å². The highest BCUT2D eigenvalue weighted by molar-refractivity contribution is 7.98. The van der Waals surface area contributed by atoms with Gasteiger partial charge in [-0.3, -0.25) is 0 Å². The molecule has 25 heavy (non-hydrogen) atoms. The van der Waals surface area contributed by atoms with E-state index in [9.17, 15) is 0 Å². The van der Waals surface area contributed by atoms with Gasteiger partial charge in [0.05, 0.1) is 16.3 Å². The first-order valence-electron chi connectivity index (χ1n) is 8.77. The standard InChI is InChI=1S/C18H22N4OS2/c1-12-13(2)22(14-7-4-3-5-8-14)18(19-12)25-11-16-20-21-17(23-16)15-9-6-10-24-15/h6,9-10,14H,3-5,7-8,11H2,1-2H3. The van der Waals surface area contributed by atoms with E-state index >= 15 is 0 Å². The first kappa shape index (κ1) is 16.8. The molecular formula is C18H22N4OS2. The van der Waals surface area contributed by atoms with Gasteiger partial charge in [0.15, 0.2) is 5.16 Å². The van der Waals surface area contributed by atoms with Crippen molar-refractivity contribution in [1.29, 1.82) is 0 Å². The largest absolute Gasteiger partial charge is 0.419 e. The summed E-state index contributed by atoms with van der Waals surface area (Å²) in [5.41, 5.74) is 2.41. The van der Waals surface area contributed by atoms with Crippen molar-refractivity contribution < 1.29 is 4.42 Å². The molecule has 3 aromatic heterocycles. The molecule has 0 amide bonds. The number of thioether (sulfide) groups is 1. The Bertz CT molecular complexity index is 832. The van der Waals surface area contributed by atoms with Crippen molar-refractivity contribution in [3.8, 4) is 10.8 Å². The Hall–Kier alpha value is -1.60. The summed E-state index contributed by atoms with van der Waals surface area (Å²) in [7, 11) is 0. The number of nitrogens with zero attached hydrogens (tertiary/aromatic N) is 4. The lowest BCUT2D eigenvalue weighted by atomic mass is 9.95. The first-order chi connectivity index (χ1) is 12.2. The predicted molar refractivity (Wildman–Crippen MR) is 101 cm³/mol. The second-order valence-corrected chi connectivity index (χ2v) is 8.38. The summed E-state index contributed by atoms with van der Waals surface area (Å²) in [6.45, 7) is 4.28. The molecule has 0 aliphatic heterocycles. The van der Waals surface area contributed by atoms with Gasteiger partial charge in [0.1, 0.15) is 0 Å². The zero-order chi connectivity index (χ0) is 17.2. The highest BCUT2D eigenvalue weighted by Crippen LogP contribution is 2.35. The Balaban J connectivity index is 1.50. The lowest BCUT2D eigenvalue weighted by Crippen LogP contribution is -2.15. The van der Waals surface area contributed by atoms with Crippen LogP contribution in [0.2, 0.25) is 0 Å². The molecule has 0 atom stereocenters. The molecular weight excluding hydrogens is 352 g/mol. The monoisotopic (exact) mass is 374 g/mol. The van der Waals surface area contributed by atoms with Crippen LogP contribution in [-0.4, -0.2) is 19.7 Å². The maximum Gasteiger partial charge on any atom is 0.257 e. The minimum absolute atomic E-state index is 0.585. The van der Waals surface area contributed by atoms with Gasteiger partial charge in [-0.15, -0.1) is 21.5 Å². The lowest BCUT2D eigenvalue weighted by Gasteiger charge is -2.25. The van der Waals surface area contributed by atoms with Crippen molar-refractivity contribution in [2.45, 2.75) is 62.9 Å². The SMILES string of the molecule is Cc1nc(SCc2nnc(-c3cccs3)o2)n(C2CCCCC2)c1C. The average Bonchev–Trinajstić information content (AvgIpc) is 3.35. The molecule has 7 heteroatoms. The molecule has 3 heterocycles. The fourth-order valence-corrected chi connectivity index (χ4v) is 5.05. The number of hydrogen-bond acceptors (Lipinski definition) is 6.